The van der Waals surface area contributed by atoms with Crippen molar-refractivity contribution in [2.24, 2.45) is 0 Å². The minimum Gasteiger partial charge on any atom is -0.471 e. The van der Waals surface area contributed by atoms with Crippen molar-refractivity contribution in [2.45, 2.75) is 13.3 Å². The van der Waals surface area contributed by atoms with Crippen LogP contribution in [-0.2, 0) is 13.3 Å². The minimum absolute atomic E-state index is 0.0323. The third-order valence-corrected chi connectivity index (χ3v) is 5.68. The fourth-order valence-electron chi connectivity index (χ4n) is 2.87. The van der Waals surface area contributed by atoms with E-state index in [0.29, 0.717) is 32.9 Å². The molecule has 2 aromatic carbocycles. The molecule has 0 bridgehead atoms. The number of amides is 1. The Morgan fingerprint density at radius 3 is 2.41 bits per heavy atom. The summed E-state index contributed by atoms with van der Waals surface area (Å²) in [6.45, 7) is 0.325. The third-order valence-electron chi connectivity index (χ3n) is 4.45. The molecule has 0 aliphatic heterocycles. The molecule has 1 amide bonds. The van der Waals surface area contributed by atoms with Crippen LogP contribution in [0.5, 0.6) is 5.75 Å². The highest BCUT2D eigenvalue weighted by Gasteiger charge is 2.17. The van der Waals surface area contributed by atoms with Gasteiger partial charge in [0.2, 0.25) is 0 Å². The second kappa shape index (κ2) is 9.83. The first-order chi connectivity index (χ1) is 15.4. The van der Waals surface area contributed by atoms with Gasteiger partial charge in [-0.15, -0.1) is 0 Å². The van der Waals surface area contributed by atoms with Crippen LogP contribution in [0.1, 0.15) is 16.1 Å². The highest BCUT2D eigenvalue weighted by Crippen LogP contribution is 2.27. The van der Waals surface area contributed by atoms with Gasteiger partial charge in [0.15, 0.2) is 12.5 Å². The Labute approximate surface area is 203 Å². The van der Waals surface area contributed by atoms with Crippen LogP contribution in [0.15, 0.2) is 60.9 Å². The van der Waals surface area contributed by atoms with Crippen molar-refractivity contribution in [2.75, 3.05) is 5.32 Å². The Balaban J connectivity index is 1.45. The summed E-state index contributed by atoms with van der Waals surface area (Å²) in [5.74, 6) is 0.354. The summed E-state index contributed by atoms with van der Waals surface area (Å²) in [5.41, 5.74) is 0.976. The number of rotatable bonds is 7. The van der Waals surface area contributed by atoms with E-state index in [9.17, 15) is 4.79 Å². The molecule has 0 saturated heterocycles. The van der Waals surface area contributed by atoms with Gasteiger partial charge >= 0.3 is 0 Å². The van der Waals surface area contributed by atoms with Gasteiger partial charge in [-0.1, -0.05) is 52.5 Å². The topological polar surface area (TPSA) is 74.0 Å². The Hall–Kier alpha value is -2.71. The fourth-order valence-corrected chi connectivity index (χ4v) is 3.72. The molecule has 4 rings (SSSR count). The van der Waals surface area contributed by atoms with Crippen molar-refractivity contribution in [1.82, 2.24) is 19.6 Å². The van der Waals surface area contributed by atoms with Gasteiger partial charge in [-0.05, 0) is 42.5 Å². The molecule has 2 aromatic heterocycles. The molecule has 4 aromatic rings. The van der Waals surface area contributed by atoms with Gasteiger partial charge in [-0.3, -0.25) is 9.48 Å². The lowest BCUT2D eigenvalue weighted by molar-refractivity contribution is 0.100. The van der Waals surface area contributed by atoms with Crippen molar-refractivity contribution < 1.29 is 9.53 Å². The summed E-state index contributed by atoms with van der Waals surface area (Å²) in [7, 11) is 0. The SMILES string of the molecule is O=C(Nc1nn(Cc2c(Cl)cccc2Cl)cc1Cl)c1ccnn1COc1ccc(Cl)cc1. The molecule has 0 fully saturated rings. The van der Waals surface area contributed by atoms with Crippen molar-refractivity contribution in [3.63, 3.8) is 0 Å². The zero-order chi connectivity index (χ0) is 22.7. The van der Waals surface area contributed by atoms with Crippen LogP contribution in [0.3, 0.4) is 0 Å². The van der Waals surface area contributed by atoms with Crippen LogP contribution in [-0.4, -0.2) is 25.5 Å². The molecule has 0 aliphatic rings. The largest absolute Gasteiger partial charge is 0.471 e. The van der Waals surface area contributed by atoms with Crippen LogP contribution in [0.4, 0.5) is 5.82 Å². The van der Waals surface area contributed by atoms with Crippen LogP contribution in [0, 0.1) is 0 Å². The second-order valence-electron chi connectivity index (χ2n) is 6.62. The number of hydrogen-bond acceptors (Lipinski definition) is 4. The highest BCUT2D eigenvalue weighted by molar-refractivity contribution is 6.36. The first-order valence-electron chi connectivity index (χ1n) is 9.28. The predicted molar refractivity (Wildman–Crippen MR) is 125 cm³/mol. The zero-order valence-corrected chi connectivity index (χ0v) is 19.3. The van der Waals surface area contributed by atoms with Crippen LogP contribution < -0.4 is 10.1 Å². The summed E-state index contributed by atoms with van der Waals surface area (Å²) in [5, 5.41) is 13.0. The summed E-state index contributed by atoms with van der Waals surface area (Å²) in [6, 6.07) is 13.7. The van der Waals surface area contributed by atoms with Gasteiger partial charge < -0.3 is 10.1 Å². The molecular weight excluding hydrogens is 496 g/mol. The normalized spacial score (nSPS) is 10.9. The molecule has 0 spiro atoms. The Morgan fingerprint density at radius 2 is 1.69 bits per heavy atom. The van der Waals surface area contributed by atoms with Gasteiger partial charge in [0.1, 0.15) is 16.5 Å². The molecule has 0 atom stereocenters. The van der Waals surface area contributed by atoms with E-state index in [2.05, 4.69) is 15.5 Å². The Morgan fingerprint density at radius 1 is 0.969 bits per heavy atom. The number of nitrogens with one attached hydrogen (secondary N) is 1. The number of ether oxygens (including phenoxy) is 1. The molecule has 11 heteroatoms. The Bertz CT molecular complexity index is 1230. The van der Waals surface area contributed by atoms with E-state index in [1.165, 1.54) is 10.9 Å². The lowest BCUT2D eigenvalue weighted by atomic mass is 10.2. The number of hydrogen-bond donors (Lipinski definition) is 1. The smallest absolute Gasteiger partial charge is 0.275 e. The van der Waals surface area contributed by atoms with E-state index >= 15 is 0 Å². The molecule has 0 saturated carbocycles. The number of benzene rings is 2. The van der Waals surface area contributed by atoms with Crippen molar-refractivity contribution in [3.8, 4) is 5.75 Å². The van der Waals surface area contributed by atoms with E-state index in [1.807, 2.05) is 0 Å². The molecule has 164 valence electrons. The number of carbonyl (C=O) groups is 1. The number of halogens is 4. The quantitative estimate of drug-likeness (QED) is 0.329. The highest BCUT2D eigenvalue weighted by atomic mass is 35.5. The fraction of sp³-hybridized carbons (Fsp3) is 0.0952. The molecule has 7 nitrogen and oxygen atoms in total. The van der Waals surface area contributed by atoms with Crippen molar-refractivity contribution in [1.29, 1.82) is 0 Å². The zero-order valence-electron chi connectivity index (χ0n) is 16.3. The summed E-state index contributed by atoms with van der Waals surface area (Å²) < 4.78 is 8.62. The van der Waals surface area contributed by atoms with Gasteiger partial charge in [-0.25, -0.2) is 4.68 Å². The van der Waals surface area contributed by atoms with Gasteiger partial charge in [0, 0.05) is 33.0 Å². The molecule has 1 N–H and O–H groups in total. The monoisotopic (exact) mass is 509 g/mol. The summed E-state index contributed by atoms with van der Waals surface area (Å²) in [4.78, 5) is 12.8. The number of anilines is 1. The average Bonchev–Trinajstić information content (AvgIpc) is 3.37. The number of aromatic nitrogens is 4. The molecular formula is C21H15Cl4N5O2. The van der Waals surface area contributed by atoms with Crippen molar-refractivity contribution >= 4 is 58.1 Å². The number of carbonyl (C=O) groups excluding carboxylic acids is 1. The van der Waals surface area contributed by atoms with E-state index in [0.717, 1.165) is 0 Å². The molecule has 2 heterocycles. The first-order valence-corrected chi connectivity index (χ1v) is 10.8. The molecule has 0 unspecified atom stereocenters. The summed E-state index contributed by atoms with van der Waals surface area (Å²) in [6.07, 6.45) is 3.08. The third kappa shape index (κ3) is 5.19. The standard InChI is InChI=1S/C21H15Cl4N5O2/c22-13-4-6-14(7-5-13)32-12-30-19(8-9-26-30)21(31)27-20-18(25)11-29(28-20)10-15-16(23)2-1-3-17(15)24/h1-9,11H,10,12H2,(H,27,28,31). The van der Waals surface area contributed by atoms with Crippen LogP contribution in [0.2, 0.25) is 20.1 Å². The maximum atomic E-state index is 12.8. The Kier molecular flexibility index (Phi) is 6.91. The number of nitrogens with zero attached hydrogens (tertiary/aromatic N) is 4. The van der Waals surface area contributed by atoms with Crippen LogP contribution >= 0.6 is 46.4 Å². The lowest BCUT2D eigenvalue weighted by Gasteiger charge is -2.09. The predicted octanol–water partition coefficient (Wildman–Crippen LogP) is 6.03. The minimum atomic E-state index is -0.440. The van der Waals surface area contributed by atoms with Gasteiger partial charge in [0.05, 0.1) is 6.54 Å². The van der Waals surface area contributed by atoms with Crippen molar-refractivity contribution in [3.05, 3.63) is 92.3 Å². The van der Waals surface area contributed by atoms with Gasteiger partial charge in [0.25, 0.3) is 5.91 Å². The molecule has 0 radical (unpaired) electrons. The van der Waals surface area contributed by atoms with E-state index in [4.69, 9.17) is 51.1 Å². The van der Waals surface area contributed by atoms with Gasteiger partial charge in [-0.2, -0.15) is 10.2 Å². The average molecular weight is 511 g/mol. The van der Waals surface area contributed by atoms with E-state index in [1.54, 1.807) is 59.4 Å². The maximum Gasteiger partial charge on any atom is 0.275 e. The molecule has 32 heavy (non-hydrogen) atoms. The first kappa shape index (κ1) is 22.5. The lowest BCUT2D eigenvalue weighted by Crippen LogP contribution is -2.20. The van der Waals surface area contributed by atoms with E-state index < -0.39 is 5.91 Å². The second-order valence-corrected chi connectivity index (χ2v) is 8.28. The summed E-state index contributed by atoms with van der Waals surface area (Å²) >= 11 is 24.6. The maximum absolute atomic E-state index is 12.8. The van der Waals surface area contributed by atoms with E-state index in [-0.39, 0.29) is 23.3 Å². The molecule has 0 aliphatic carbocycles. The van der Waals surface area contributed by atoms with Crippen LogP contribution in [0.25, 0.3) is 0 Å².